The molecular formula is C14H24F3NO3. The van der Waals surface area contributed by atoms with E-state index in [1.165, 1.54) is 0 Å². The number of hydrogen-bond acceptors (Lipinski definition) is 3. The highest BCUT2D eigenvalue weighted by Gasteiger charge is 2.42. The minimum Gasteiger partial charge on any atom is -0.480 e. The van der Waals surface area contributed by atoms with Gasteiger partial charge in [0.25, 0.3) is 0 Å². The number of halogens is 3. The van der Waals surface area contributed by atoms with Gasteiger partial charge in [-0.3, -0.25) is 4.79 Å². The third-order valence-corrected chi connectivity index (χ3v) is 3.79. The largest absolute Gasteiger partial charge is 0.480 e. The molecular weight excluding hydrogens is 287 g/mol. The first-order valence-electron chi connectivity index (χ1n) is 7.46. The van der Waals surface area contributed by atoms with Crippen molar-refractivity contribution in [1.29, 1.82) is 0 Å². The molecule has 2 atom stereocenters. The van der Waals surface area contributed by atoms with Crippen molar-refractivity contribution in [3.8, 4) is 0 Å². The van der Waals surface area contributed by atoms with Crippen molar-refractivity contribution >= 4 is 5.97 Å². The Kier molecular flexibility index (Phi) is 6.93. The second-order valence-electron chi connectivity index (χ2n) is 5.62. The second-order valence-corrected chi connectivity index (χ2v) is 5.62. The van der Waals surface area contributed by atoms with Gasteiger partial charge < -0.3 is 15.2 Å². The quantitative estimate of drug-likeness (QED) is 0.676. The smallest absolute Gasteiger partial charge is 0.389 e. The summed E-state index contributed by atoms with van der Waals surface area (Å²) < 4.78 is 41.6. The zero-order valence-corrected chi connectivity index (χ0v) is 12.3. The summed E-state index contributed by atoms with van der Waals surface area (Å²) >= 11 is 0. The first kappa shape index (κ1) is 18.2. The Morgan fingerprint density at radius 2 is 2.19 bits per heavy atom. The van der Waals surface area contributed by atoms with E-state index in [1.54, 1.807) is 0 Å². The lowest BCUT2D eigenvalue weighted by molar-refractivity contribution is -0.150. The van der Waals surface area contributed by atoms with Crippen LogP contribution in [0, 0.1) is 0 Å². The van der Waals surface area contributed by atoms with Crippen LogP contribution in [-0.2, 0) is 9.53 Å². The van der Waals surface area contributed by atoms with E-state index in [1.807, 2.05) is 6.92 Å². The molecule has 0 aromatic rings. The lowest BCUT2D eigenvalue weighted by Crippen LogP contribution is -2.56. The predicted molar refractivity (Wildman–Crippen MR) is 72.2 cm³/mol. The summed E-state index contributed by atoms with van der Waals surface area (Å²) in [5, 5.41) is 12.5. The van der Waals surface area contributed by atoms with E-state index in [4.69, 9.17) is 4.74 Å². The van der Waals surface area contributed by atoms with E-state index in [-0.39, 0.29) is 19.1 Å². The van der Waals surface area contributed by atoms with Crippen LogP contribution in [0.3, 0.4) is 0 Å². The van der Waals surface area contributed by atoms with E-state index in [0.717, 1.165) is 6.42 Å². The van der Waals surface area contributed by atoms with Crippen molar-refractivity contribution in [2.75, 3.05) is 13.2 Å². The molecule has 1 saturated carbocycles. The molecule has 4 nitrogen and oxygen atoms in total. The summed E-state index contributed by atoms with van der Waals surface area (Å²) in [5.74, 6) is -0.903. The van der Waals surface area contributed by atoms with E-state index in [9.17, 15) is 23.1 Å². The fraction of sp³-hybridized carbons (Fsp3) is 0.929. The maximum atomic E-state index is 12.0. The average molecular weight is 311 g/mol. The van der Waals surface area contributed by atoms with Gasteiger partial charge >= 0.3 is 12.1 Å². The van der Waals surface area contributed by atoms with Crippen molar-refractivity contribution in [3.63, 3.8) is 0 Å². The van der Waals surface area contributed by atoms with Crippen LogP contribution in [0.15, 0.2) is 0 Å². The van der Waals surface area contributed by atoms with Crippen molar-refractivity contribution in [2.24, 2.45) is 0 Å². The standard InChI is InChI=1S/C14H24F3NO3/c1-2-8-18-13(12(19)20)6-3-5-11(10-13)21-9-4-7-14(15,16)17/h11,18H,2-10H2,1H3,(H,19,20). The van der Waals surface area contributed by atoms with Crippen LogP contribution in [0.2, 0.25) is 0 Å². The van der Waals surface area contributed by atoms with Crippen LogP contribution in [0.4, 0.5) is 13.2 Å². The molecule has 0 spiro atoms. The monoisotopic (exact) mass is 311 g/mol. The van der Waals surface area contributed by atoms with E-state index in [2.05, 4.69) is 5.32 Å². The maximum absolute atomic E-state index is 12.0. The van der Waals surface area contributed by atoms with Crippen LogP contribution in [0.5, 0.6) is 0 Å². The van der Waals surface area contributed by atoms with Crippen LogP contribution in [0.25, 0.3) is 0 Å². The van der Waals surface area contributed by atoms with Gasteiger partial charge in [-0.15, -0.1) is 0 Å². The molecule has 2 N–H and O–H groups in total. The first-order valence-corrected chi connectivity index (χ1v) is 7.46. The van der Waals surface area contributed by atoms with Gasteiger partial charge in [0.1, 0.15) is 5.54 Å². The van der Waals surface area contributed by atoms with Gasteiger partial charge in [-0.2, -0.15) is 13.2 Å². The van der Waals surface area contributed by atoms with Gasteiger partial charge in [0.05, 0.1) is 6.10 Å². The minimum absolute atomic E-state index is 0.0215. The molecule has 0 aliphatic heterocycles. The van der Waals surface area contributed by atoms with Crippen LogP contribution >= 0.6 is 0 Å². The van der Waals surface area contributed by atoms with Crippen LogP contribution < -0.4 is 5.32 Å². The molecule has 0 bridgehead atoms. The normalized spacial score (nSPS) is 26.8. The zero-order valence-electron chi connectivity index (χ0n) is 12.3. The summed E-state index contributed by atoms with van der Waals surface area (Å²) in [6, 6.07) is 0. The third-order valence-electron chi connectivity index (χ3n) is 3.79. The molecule has 1 aliphatic rings. The Hall–Kier alpha value is -0.820. The lowest BCUT2D eigenvalue weighted by Gasteiger charge is -2.38. The van der Waals surface area contributed by atoms with Crippen molar-refractivity contribution in [1.82, 2.24) is 5.32 Å². The molecule has 1 fully saturated rings. The van der Waals surface area contributed by atoms with E-state index >= 15 is 0 Å². The number of hydrogen-bond donors (Lipinski definition) is 2. The van der Waals surface area contributed by atoms with Crippen LogP contribution in [-0.4, -0.2) is 42.0 Å². The number of carboxylic acids is 1. The molecule has 7 heteroatoms. The predicted octanol–water partition coefficient (Wildman–Crippen LogP) is 3.11. The zero-order chi connectivity index (χ0) is 15.9. The van der Waals surface area contributed by atoms with Crippen molar-refractivity contribution < 1.29 is 27.8 Å². The summed E-state index contributed by atoms with van der Waals surface area (Å²) in [6.07, 6.45) is -2.32. The Balaban J connectivity index is 2.44. The highest BCUT2D eigenvalue weighted by atomic mass is 19.4. The third kappa shape index (κ3) is 6.22. The van der Waals surface area contributed by atoms with Gasteiger partial charge in [-0.05, 0) is 38.6 Å². The Bertz CT molecular complexity index is 336. The molecule has 0 amide bonds. The molecule has 21 heavy (non-hydrogen) atoms. The molecule has 0 saturated heterocycles. The summed E-state index contributed by atoms with van der Waals surface area (Å²) in [4.78, 5) is 11.5. The average Bonchev–Trinajstić information content (AvgIpc) is 2.40. The summed E-state index contributed by atoms with van der Waals surface area (Å²) in [7, 11) is 0. The molecule has 0 radical (unpaired) electrons. The molecule has 2 unspecified atom stereocenters. The van der Waals surface area contributed by atoms with Gasteiger partial charge in [-0.1, -0.05) is 6.92 Å². The van der Waals surface area contributed by atoms with Gasteiger partial charge in [0.2, 0.25) is 0 Å². The van der Waals surface area contributed by atoms with E-state index < -0.39 is 24.1 Å². The first-order chi connectivity index (χ1) is 9.79. The lowest BCUT2D eigenvalue weighted by atomic mass is 9.80. The highest BCUT2D eigenvalue weighted by molar-refractivity contribution is 5.79. The van der Waals surface area contributed by atoms with Crippen molar-refractivity contribution in [3.05, 3.63) is 0 Å². The number of ether oxygens (including phenoxy) is 1. The highest BCUT2D eigenvalue weighted by Crippen LogP contribution is 2.31. The maximum Gasteiger partial charge on any atom is 0.389 e. The number of nitrogens with one attached hydrogen (secondary N) is 1. The fourth-order valence-electron chi connectivity index (χ4n) is 2.68. The van der Waals surface area contributed by atoms with Crippen LogP contribution in [0.1, 0.15) is 51.9 Å². The summed E-state index contributed by atoms with van der Waals surface area (Å²) in [5.41, 5.74) is -0.997. The minimum atomic E-state index is -4.16. The van der Waals surface area contributed by atoms with Gasteiger partial charge in [0.15, 0.2) is 0 Å². The SMILES string of the molecule is CCCNC1(C(=O)O)CCCC(OCCCC(F)(F)F)C1. The molecule has 1 rings (SSSR count). The molecule has 1 aliphatic carbocycles. The molecule has 124 valence electrons. The number of carbonyl (C=O) groups is 1. The number of alkyl halides is 3. The topological polar surface area (TPSA) is 58.6 Å². The Morgan fingerprint density at radius 1 is 1.48 bits per heavy atom. The van der Waals surface area contributed by atoms with Gasteiger partial charge in [-0.25, -0.2) is 0 Å². The molecule has 0 aromatic carbocycles. The van der Waals surface area contributed by atoms with E-state index in [0.29, 0.717) is 32.2 Å². The number of aliphatic carboxylic acids is 1. The second kappa shape index (κ2) is 7.98. The Morgan fingerprint density at radius 3 is 2.76 bits per heavy atom. The summed E-state index contributed by atoms with van der Waals surface area (Å²) in [6.45, 7) is 2.58. The van der Waals surface area contributed by atoms with Crippen molar-refractivity contribution in [2.45, 2.75) is 69.7 Å². The molecule has 0 aromatic heterocycles. The number of carboxylic acid groups (broad SMARTS) is 1. The Labute approximate surface area is 123 Å². The molecule has 0 heterocycles. The van der Waals surface area contributed by atoms with Gasteiger partial charge in [0, 0.05) is 19.4 Å². The number of rotatable bonds is 8. The fourth-order valence-corrected chi connectivity index (χ4v) is 2.68.